The number of nitriles is 1. The van der Waals surface area contributed by atoms with Gasteiger partial charge in [-0.15, -0.1) is 6.42 Å². The number of likely N-dealkylation sites (tertiary alicyclic amines) is 1. The molecule has 2 aromatic rings. The van der Waals surface area contributed by atoms with Crippen molar-refractivity contribution in [1.29, 1.82) is 5.26 Å². The molecule has 0 bridgehead atoms. The monoisotopic (exact) mass is 560 g/mol. The molecule has 1 saturated heterocycles. The van der Waals surface area contributed by atoms with Crippen molar-refractivity contribution in [2.45, 2.75) is 58.9 Å². The van der Waals surface area contributed by atoms with Crippen molar-refractivity contribution in [2.75, 3.05) is 6.54 Å². The lowest BCUT2D eigenvalue weighted by Crippen LogP contribution is -2.60. The fraction of sp³-hybridized carbons (Fsp3) is 0.538. The smallest absolute Gasteiger partial charge is 0.336 e. The van der Waals surface area contributed by atoms with Crippen LogP contribution in [0.3, 0.4) is 0 Å². The van der Waals surface area contributed by atoms with Crippen LogP contribution in [0.15, 0.2) is 12.4 Å². The molecule has 1 aliphatic carbocycles. The molecule has 206 valence electrons. The number of terminal acetylenes is 1. The number of amides is 3. The molecule has 2 aromatic heterocycles. The summed E-state index contributed by atoms with van der Waals surface area (Å²) in [4.78, 5) is 44.5. The summed E-state index contributed by atoms with van der Waals surface area (Å²) in [6, 6.07) is -1.74. The van der Waals surface area contributed by atoms with Gasteiger partial charge in [0.1, 0.15) is 23.8 Å². The Labute approximate surface area is 227 Å². The summed E-state index contributed by atoms with van der Waals surface area (Å²) >= 11 is 1.10. The molecule has 3 heterocycles. The average molecular weight is 561 g/mol. The molecule has 39 heavy (non-hydrogen) atoms. The van der Waals surface area contributed by atoms with Gasteiger partial charge in [-0.3, -0.25) is 19.4 Å². The largest absolute Gasteiger partial charge is 0.471 e. The van der Waals surface area contributed by atoms with E-state index in [4.69, 9.17) is 6.42 Å². The second-order valence-electron chi connectivity index (χ2n) is 11.5. The first-order valence-electron chi connectivity index (χ1n) is 12.1. The summed E-state index contributed by atoms with van der Waals surface area (Å²) in [6.45, 7) is 8.60. The number of hydrogen-bond donors (Lipinski definition) is 2. The number of carbonyl (C=O) groups is 3. The Hall–Kier alpha value is -3.71. The maximum Gasteiger partial charge on any atom is 0.471 e. The third-order valence-corrected chi connectivity index (χ3v) is 8.46. The fourth-order valence-electron chi connectivity index (χ4n) is 5.48. The van der Waals surface area contributed by atoms with Crippen molar-refractivity contribution >= 4 is 39.3 Å². The molecule has 4 rings (SSSR count). The second kappa shape index (κ2) is 9.49. The predicted octanol–water partition coefficient (Wildman–Crippen LogP) is 2.93. The highest BCUT2D eigenvalue weighted by Gasteiger charge is 2.70. The topological polar surface area (TPSA) is 128 Å². The molecule has 5 atom stereocenters. The van der Waals surface area contributed by atoms with Crippen LogP contribution in [0.25, 0.3) is 10.1 Å². The van der Waals surface area contributed by atoms with Crippen molar-refractivity contribution in [2.24, 2.45) is 22.7 Å². The zero-order chi connectivity index (χ0) is 29.1. The molecular formula is C26H27F3N6O3S. The van der Waals surface area contributed by atoms with Gasteiger partial charge in [-0.1, -0.05) is 34.6 Å². The van der Waals surface area contributed by atoms with Gasteiger partial charge in [0.25, 0.3) is 0 Å². The Morgan fingerprint density at radius 1 is 1.23 bits per heavy atom. The molecule has 2 fully saturated rings. The standard InChI is InChI=1S/C26H27F3N6O3S/c1-7-14-17-12(9-31-10-16(17)39-34-14)15(8-30)32-21(36)19-18-13(25(18,5)6)11-35(19)22(37)20(24(2,3)4)33-23(38)26(27,28)29/h1,9-10,13,15,18-20H,11H2,2-6H3,(H,32,36)(H,33,38)/t13-,15?,18-,19-,20+/m0/s1. The van der Waals surface area contributed by atoms with Crippen LogP contribution < -0.4 is 10.6 Å². The van der Waals surface area contributed by atoms with Crippen LogP contribution in [-0.4, -0.2) is 56.8 Å². The summed E-state index contributed by atoms with van der Waals surface area (Å²) in [7, 11) is 0. The Morgan fingerprint density at radius 2 is 1.90 bits per heavy atom. The van der Waals surface area contributed by atoms with E-state index < -0.39 is 47.4 Å². The third-order valence-electron chi connectivity index (χ3n) is 7.68. The van der Waals surface area contributed by atoms with Gasteiger partial charge >= 0.3 is 12.1 Å². The molecule has 2 N–H and O–H groups in total. The zero-order valence-corrected chi connectivity index (χ0v) is 22.7. The minimum Gasteiger partial charge on any atom is -0.336 e. The fourth-order valence-corrected chi connectivity index (χ4v) is 6.23. The van der Waals surface area contributed by atoms with E-state index in [1.54, 1.807) is 6.20 Å². The molecule has 2 aliphatic rings. The van der Waals surface area contributed by atoms with Crippen LogP contribution in [0.1, 0.15) is 51.9 Å². The molecular weight excluding hydrogens is 533 g/mol. The first-order chi connectivity index (χ1) is 18.0. The number of nitrogens with one attached hydrogen (secondary N) is 2. The van der Waals surface area contributed by atoms with Crippen molar-refractivity contribution in [3.05, 3.63) is 23.7 Å². The number of hydrogen-bond acceptors (Lipinski definition) is 7. The highest BCUT2D eigenvalue weighted by Crippen LogP contribution is 2.65. The van der Waals surface area contributed by atoms with E-state index in [2.05, 4.69) is 20.6 Å². The summed E-state index contributed by atoms with van der Waals surface area (Å²) in [5.74, 6) is -1.56. The Morgan fingerprint density at radius 3 is 2.46 bits per heavy atom. The maximum atomic E-state index is 13.7. The SMILES string of the molecule is C#Cc1nsc2cncc(C(C#N)NC(=O)[C@@H]3[C@@H]4[C@H](CN3C(=O)[C@@H](NC(=O)C(F)(F)F)C(C)(C)C)C4(C)C)c12. The minimum absolute atomic E-state index is 0.0733. The van der Waals surface area contributed by atoms with Gasteiger partial charge in [0, 0.05) is 29.9 Å². The van der Waals surface area contributed by atoms with Gasteiger partial charge < -0.3 is 15.5 Å². The third kappa shape index (κ3) is 4.91. The summed E-state index contributed by atoms with van der Waals surface area (Å²) in [6.07, 6.45) is 3.34. The predicted molar refractivity (Wildman–Crippen MR) is 136 cm³/mol. The van der Waals surface area contributed by atoms with Crippen molar-refractivity contribution < 1.29 is 27.6 Å². The van der Waals surface area contributed by atoms with Gasteiger partial charge in [0.15, 0.2) is 0 Å². The van der Waals surface area contributed by atoms with Gasteiger partial charge in [0.05, 0.1) is 10.8 Å². The Bertz CT molecular complexity index is 1430. The number of nitrogens with zero attached hydrogens (tertiary/aromatic N) is 4. The zero-order valence-electron chi connectivity index (χ0n) is 21.9. The molecule has 1 saturated carbocycles. The average Bonchev–Trinajstić information content (AvgIpc) is 3.22. The normalized spacial score (nSPS) is 23.2. The summed E-state index contributed by atoms with van der Waals surface area (Å²) < 4.78 is 43.9. The maximum absolute atomic E-state index is 13.7. The van der Waals surface area contributed by atoms with E-state index in [9.17, 15) is 32.8 Å². The Kier molecular flexibility index (Phi) is 6.88. The van der Waals surface area contributed by atoms with E-state index in [-0.39, 0.29) is 23.8 Å². The van der Waals surface area contributed by atoms with Crippen molar-refractivity contribution in [3.63, 3.8) is 0 Å². The number of piperidine rings is 1. The number of carbonyl (C=O) groups excluding carboxylic acids is 3. The highest BCUT2D eigenvalue weighted by atomic mass is 32.1. The van der Waals surface area contributed by atoms with E-state index in [0.717, 1.165) is 11.5 Å². The van der Waals surface area contributed by atoms with Gasteiger partial charge in [0.2, 0.25) is 11.8 Å². The number of halogens is 3. The molecule has 0 spiro atoms. The van der Waals surface area contributed by atoms with E-state index >= 15 is 0 Å². The number of alkyl halides is 3. The summed E-state index contributed by atoms with van der Waals surface area (Å²) in [5.41, 5.74) is -0.743. The Balaban J connectivity index is 1.65. The van der Waals surface area contributed by atoms with Crippen molar-refractivity contribution in [1.82, 2.24) is 24.9 Å². The quantitative estimate of drug-likeness (QED) is 0.542. The lowest BCUT2D eigenvalue weighted by Gasteiger charge is -2.37. The van der Waals surface area contributed by atoms with Gasteiger partial charge in [-0.05, 0) is 40.1 Å². The molecule has 13 heteroatoms. The van der Waals surface area contributed by atoms with Crippen LogP contribution in [0.5, 0.6) is 0 Å². The van der Waals surface area contributed by atoms with Crippen LogP contribution in [0, 0.1) is 46.3 Å². The molecule has 0 radical (unpaired) electrons. The van der Waals surface area contributed by atoms with E-state index in [1.165, 1.54) is 31.9 Å². The van der Waals surface area contributed by atoms with Crippen LogP contribution in [0.2, 0.25) is 0 Å². The number of aromatic nitrogens is 2. The molecule has 1 aliphatic heterocycles. The second-order valence-corrected chi connectivity index (χ2v) is 12.3. The van der Waals surface area contributed by atoms with Gasteiger partial charge in [-0.25, -0.2) is 0 Å². The van der Waals surface area contributed by atoms with Crippen LogP contribution in [-0.2, 0) is 14.4 Å². The molecule has 3 amide bonds. The van der Waals surface area contributed by atoms with E-state index in [1.807, 2.05) is 25.2 Å². The number of pyridine rings is 1. The minimum atomic E-state index is -5.18. The lowest BCUT2D eigenvalue weighted by atomic mass is 9.85. The van der Waals surface area contributed by atoms with E-state index in [0.29, 0.717) is 21.3 Å². The lowest BCUT2D eigenvalue weighted by molar-refractivity contribution is -0.176. The van der Waals surface area contributed by atoms with Gasteiger partial charge in [-0.2, -0.15) is 22.8 Å². The van der Waals surface area contributed by atoms with Crippen LogP contribution >= 0.6 is 11.5 Å². The molecule has 0 aromatic carbocycles. The molecule has 1 unspecified atom stereocenters. The highest BCUT2D eigenvalue weighted by molar-refractivity contribution is 7.13. The van der Waals surface area contributed by atoms with Crippen LogP contribution in [0.4, 0.5) is 13.2 Å². The number of fused-ring (bicyclic) bond motifs is 2. The molecule has 9 nitrogen and oxygen atoms in total. The van der Waals surface area contributed by atoms with Crippen molar-refractivity contribution in [3.8, 4) is 18.4 Å². The first-order valence-corrected chi connectivity index (χ1v) is 12.9. The number of rotatable bonds is 5. The summed E-state index contributed by atoms with van der Waals surface area (Å²) in [5, 5.41) is 15.0. The first kappa shape index (κ1) is 28.3.